The van der Waals surface area contributed by atoms with Crippen LogP contribution in [-0.2, 0) is 6.54 Å². The molecule has 1 aliphatic rings. The highest BCUT2D eigenvalue weighted by Crippen LogP contribution is 2.23. The predicted molar refractivity (Wildman–Crippen MR) is 130 cm³/mol. The van der Waals surface area contributed by atoms with Gasteiger partial charge in [-0.15, -0.1) is 0 Å². The average Bonchev–Trinajstić information content (AvgIpc) is 3.52. The number of halogens is 1. The van der Waals surface area contributed by atoms with Crippen molar-refractivity contribution in [2.75, 3.05) is 49.2 Å². The molecule has 2 aromatic heterocycles. The Morgan fingerprint density at radius 3 is 2.71 bits per heavy atom. The Morgan fingerprint density at radius 2 is 1.97 bits per heavy atom. The molecule has 3 heterocycles. The fourth-order valence-corrected chi connectivity index (χ4v) is 4.10. The maximum absolute atomic E-state index is 14.1. The van der Waals surface area contributed by atoms with Crippen LogP contribution in [0.25, 0.3) is 0 Å². The number of rotatable bonds is 12. The number of aromatic nitrogens is 5. The maximum Gasteiger partial charge on any atom is 0.233 e. The largest absolute Gasteiger partial charge is 0.494 e. The molecule has 0 radical (unpaired) electrons. The lowest BCUT2D eigenvalue weighted by atomic mass is 10.2. The molecule has 3 N–H and O–H groups in total. The summed E-state index contributed by atoms with van der Waals surface area (Å²) in [6, 6.07) is 5.09. The highest BCUT2D eigenvalue weighted by molar-refractivity contribution is 5.57. The van der Waals surface area contributed by atoms with Crippen molar-refractivity contribution in [3.05, 3.63) is 42.7 Å². The summed E-state index contributed by atoms with van der Waals surface area (Å²) in [5.41, 5.74) is 0.523. The number of nitrogens with zero attached hydrogens (tertiary/aromatic N) is 6. The summed E-state index contributed by atoms with van der Waals surface area (Å²) < 4.78 is 21.2. The van der Waals surface area contributed by atoms with E-state index in [0.29, 0.717) is 36.1 Å². The third-order valence-corrected chi connectivity index (χ3v) is 5.88. The van der Waals surface area contributed by atoms with Crippen molar-refractivity contribution in [2.45, 2.75) is 38.8 Å². The molecule has 3 aromatic rings. The van der Waals surface area contributed by atoms with Gasteiger partial charge >= 0.3 is 0 Å². The second-order valence-electron chi connectivity index (χ2n) is 8.17. The molecule has 11 heteroatoms. The normalized spacial score (nSPS) is 15.9. The van der Waals surface area contributed by atoms with Gasteiger partial charge in [-0.05, 0) is 44.5 Å². The van der Waals surface area contributed by atoms with Gasteiger partial charge in [-0.25, -0.2) is 9.37 Å². The van der Waals surface area contributed by atoms with E-state index in [1.807, 2.05) is 10.8 Å². The first-order valence-electron chi connectivity index (χ1n) is 11.7. The van der Waals surface area contributed by atoms with Crippen LogP contribution in [0.4, 0.5) is 27.9 Å². The molecule has 0 aliphatic carbocycles. The van der Waals surface area contributed by atoms with Gasteiger partial charge in [0.25, 0.3) is 0 Å². The first-order valence-corrected chi connectivity index (χ1v) is 11.7. The lowest BCUT2D eigenvalue weighted by Gasteiger charge is -2.23. The van der Waals surface area contributed by atoms with Crippen LogP contribution in [0.15, 0.2) is 36.9 Å². The Balaban J connectivity index is 1.44. The summed E-state index contributed by atoms with van der Waals surface area (Å²) in [7, 11) is 1.43. The summed E-state index contributed by atoms with van der Waals surface area (Å²) in [6.45, 7) is 6.62. The number of methoxy groups -OCH3 is 1. The molecule has 1 atom stereocenters. The fraction of sp³-hybridized carbons (Fsp3) is 0.478. The summed E-state index contributed by atoms with van der Waals surface area (Å²) in [5.74, 6) is 0.988. The quantitative estimate of drug-likeness (QED) is 0.344. The van der Waals surface area contributed by atoms with Crippen molar-refractivity contribution in [1.82, 2.24) is 29.4 Å². The number of likely N-dealkylation sites (tertiary alicyclic amines) is 1. The molecule has 10 nitrogen and oxygen atoms in total. The second-order valence-corrected chi connectivity index (χ2v) is 8.17. The number of hydrogen-bond donors (Lipinski definition) is 3. The third-order valence-electron chi connectivity index (χ3n) is 5.88. The Bertz CT molecular complexity index is 1050. The number of nitrogens with one attached hydrogen (secondary N) is 3. The Kier molecular flexibility index (Phi) is 8.08. The van der Waals surface area contributed by atoms with E-state index >= 15 is 0 Å². The molecule has 182 valence electrons. The molecular weight excluding hydrogens is 437 g/mol. The maximum atomic E-state index is 14.1. The van der Waals surface area contributed by atoms with Gasteiger partial charge in [0, 0.05) is 49.8 Å². The van der Waals surface area contributed by atoms with Gasteiger partial charge in [-0.2, -0.15) is 15.0 Å². The molecule has 1 fully saturated rings. The third kappa shape index (κ3) is 6.31. The van der Waals surface area contributed by atoms with Crippen LogP contribution >= 0.6 is 0 Å². The fourth-order valence-electron chi connectivity index (χ4n) is 4.10. The van der Waals surface area contributed by atoms with E-state index in [1.165, 1.54) is 19.6 Å². The van der Waals surface area contributed by atoms with Gasteiger partial charge in [0.05, 0.1) is 13.4 Å². The topological polar surface area (TPSA) is 105 Å². The summed E-state index contributed by atoms with van der Waals surface area (Å²) in [4.78, 5) is 20.1. The van der Waals surface area contributed by atoms with Gasteiger partial charge in [-0.3, -0.25) is 4.90 Å². The summed E-state index contributed by atoms with van der Waals surface area (Å²) in [6.07, 6.45) is 8.73. The number of aryl methyl sites for hydroxylation is 1. The zero-order valence-corrected chi connectivity index (χ0v) is 19.7. The van der Waals surface area contributed by atoms with Crippen molar-refractivity contribution < 1.29 is 9.13 Å². The molecule has 0 amide bonds. The molecule has 0 saturated carbocycles. The van der Waals surface area contributed by atoms with Gasteiger partial charge in [0.2, 0.25) is 17.8 Å². The van der Waals surface area contributed by atoms with Crippen LogP contribution in [0.1, 0.15) is 26.2 Å². The Hall–Kier alpha value is -3.47. The SMILES string of the molecule is CCN1CCCC1CNc1nc(NCCCn2ccnc2)nc(Nc2ccc(OC)c(F)c2)n1. The van der Waals surface area contributed by atoms with Crippen LogP contribution < -0.4 is 20.7 Å². The lowest BCUT2D eigenvalue weighted by Crippen LogP contribution is -2.35. The number of anilines is 4. The second kappa shape index (κ2) is 11.6. The van der Waals surface area contributed by atoms with Gasteiger partial charge in [0.1, 0.15) is 0 Å². The van der Waals surface area contributed by atoms with Gasteiger partial charge < -0.3 is 25.3 Å². The van der Waals surface area contributed by atoms with E-state index < -0.39 is 5.82 Å². The standard InChI is InChI=1S/C23H32FN9O/c1-3-33-12-4-6-18(33)15-27-22-29-21(26-9-5-11-32-13-10-25-16-32)30-23(31-22)28-17-7-8-20(34-2)19(24)14-17/h7-8,10,13-14,16,18H,3-6,9,11-12,15H2,1-2H3,(H3,26,27,28,29,30,31). The monoisotopic (exact) mass is 469 g/mol. The summed E-state index contributed by atoms with van der Waals surface area (Å²) in [5, 5.41) is 9.72. The summed E-state index contributed by atoms with van der Waals surface area (Å²) >= 11 is 0. The molecule has 0 bridgehead atoms. The number of hydrogen-bond acceptors (Lipinski definition) is 9. The van der Waals surface area contributed by atoms with E-state index in [9.17, 15) is 4.39 Å². The zero-order valence-electron chi connectivity index (χ0n) is 19.7. The predicted octanol–water partition coefficient (Wildman–Crippen LogP) is 3.36. The van der Waals surface area contributed by atoms with Crippen molar-refractivity contribution in [3.8, 4) is 5.75 Å². The van der Waals surface area contributed by atoms with Crippen LogP contribution in [-0.4, -0.2) is 68.7 Å². The van der Waals surface area contributed by atoms with E-state index in [1.54, 1.807) is 24.7 Å². The molecule has 34 heavy (non-hydrogen) atoms. The van der Waals surface area contributed by atoms with Crippen molar-refractivity contribution >= 4 is 23.5 Å². The molecule has 0 spiro atoms. The van der Waals surface area contributed by atoms with Crippen molar-refractivity contribution in [1.29, 1.82) is 0 Å². The molecule has 1 saturated heterocycles. The van der Waals surface area contributed by atoms with Crippen molar-refractivity contribution in [2.24, 2.45) is 0 Å². The molecular formula is C23H32FN9O. The van der Waals surface area contributed by atoms with E-state index in [-0.39, 0.29) is 5.75 Å². The van der Waals surface area contributed by atoms with Crippen LogP contribution in [0.5, 0.6) is 5.75 Å². The first-order chi connectivity index (χ1) is 16.6. The minimum absolute atomic E-state index is 0.181. The van der Waals surface area contributed by atoms with Crippen LogP contribution in [0, 0.1) is 5.82 Å². The molecule has 1 aromatic carbocycles. The lowest BCUT2D eigenvalue weighted by molar-refractivity contribution is 0.277. The Labute approximate surface area is 199 Å². The van der Waals surface area contributed by atoms with Crippen LogP contribution in [0.3, 0.4) is 0 Å². The minimum atomic E-state index is -0.460. The average molecular weight is 470 g/mol. The smallest absolute Gasteiger partial charge is 0.233 e. The number of ether oxygens (including phenoxy) is 1. The van der Waals surface area contributed by atoms with Crippen LogP contribution in [0.2, 0.25) is 0 Å². The van der Waals surface area contributed by atoms with Crippen molar-refractivity contribution in [3.63, 3.8) is 0 Å². The van der Waals surface area contributed by atoms with E-state index in [4.69, 9.17) is 4.74 Å². The highest BCUT2D eigenvalue weighted by Gasteiger charge is 2.23. The highest BCUT2D eigenvalue weighted by atomic mass is 19.1. The molecule has 1 unspecified atom stereocenters. The molecule has 4 rings (SSSR count). The van der Waals surface area contributed by atoms with Gasteiger partial charge in [0.15, 0.2) is 11.6 Å². The zero-order chi connectivity index (χ0) is 23.8. The minimum Gasteiger partial charge on any atom is -0.494 e. The first kappa shape index (κ1) is 23.7. The number of likely N-dealkylation sites (N-methyl/N-ethyl adjacent to an activating group) is 1. The van der Waals surface area contributed by atoms with E-state index in [0.717, 1.165) is 39.0 Å². The van der Waals surface area contributed by atoms with Gasteiger partial charge in [-0.1, -0.05) is 6.92 Å². The van der Waals surface area contributed by atoms with E-state index in [2.05, 4.69) is 47.7 Å². The number of imidazole rings is 1. The Morgan fingerprint density at radius 1 is 1.15 bits per heavy atom. The molecule has 1 aliphatic heterocycles. The number of benzene rings is 1.